The van der Waals surface area contributed by atoms with Gasteiger partial charge in [0.15, 0.2) is 16.8 Å². The van der Waals surface area contributed by atoms with Crippen molar-refractivity contribution in [2.24, 2.45) is 10.9 Å². The van der Waals surface area contributed by atoms with Gasteiger partial charge in [-0.15, -0.1) is 0 Å². The second kappa shape index (κ2) is 8.69. The SMILES string of the molecule is CN(C(=O)CSC1=NC2NNCC2C(=O)N1c1ccc(F)c(F)c1)c1ccc(F)cc1. The van der Waals surface area contributed by atoms with Crippen molar-refractivity contribution in [1.82, 2.24) is 10.9 Å². The standard InChI is InChI=1S/C20H18F3N5O2S/c1-27(12-4-2-11(21)3-5-12)17(29)10-31-20-25-18-14(9-24-26-18)19(30)28(20)13-6-7-15(22)16(23)8-13/h2-8,14,18,24,26H,9-10H2,1H3. The van der Waals surface area contributed by atoms with Gasteiger partial charge in [0.2, 0.25) is 11.8 Å². The fourth-order valence-corrected chi connectivity index (χ4v) is 4.22. The molecule has 0 saturated carbocycles. The Balaban J connectivity index is 1.56. The number of carbonyl (C=O) groups is 2. The number of hydrogen-bond donors (Lipinski definition) is 2. The van der Waals surface area contributed by atoms with Crippen molar-refractivity contribution in [2.45, 2.75) is 6.17 Å². The van der Waals surface area contributed by atoms with Crippen LogP contribution in [0.4, 0.5) is 24.5 Å². The van der Waals surface area contributed by atoms with E-state index in [1.165, 1.54) is 40.1 Å². The third kappa shape index (κ3) is 4.29. The molecule has 2 aliphatic rings. The van der Waals surface area contributed by atoms with Crippen LogP contribution in [0, 0.1) is 23.4 Å². The summed E-state index contributed by atoms with van der Waals surface area (Å²) in [6.45, 7) is 0.331. The second-order valence-corrected chi connectivity index (χ2v) is 7.92. The molecular weight excluding hydrogens is 431 g/mol. The van der Waals surface area contributed by atoms with Gasteiger partial charge in [-0.25, -0.2) is 23.6 Å². The van der Waals surface area contributed by atoms with Crippen molar-refractivity contribution in [3.8, 4) is 0 Å². The Hall–Kier alpha value is -2.89. The van der Waals surface area contributed by atoms with Crippen LogP contribution >= 0.6 is 11.8 Å². The first kappa shape index (κ1) is 21.3. The summed E-state index contributed by atoms with van der Waals surface area (Å²) < 4.78 is 40.3. The molecule has 0 aromatic heterocycles. The number of thioether (sulfide) groups is 1. The summed E-state index contributed by atoms with van der Waals surface area (Å²) in [5, 5.41) is 0.189. The quantitative estimate of drug-likeness (QED) is 0.749. The first-order valence-corrected chi connectivity index (χ1v) is 10.3. The molecule has 2 heterocycles. The molecule has 1 fully saturated rings. The highest BCUT2D eigenvalue weighted by Crippen LogP contribution is 2.30. The molecule has 2 aromatic rings. The molecule has 1 saturated heterocycles. The van der Waals surface area contributed by atoms with E-state index in [1.54, 1.807) is 7.05 Å². The topological polar surface area (TPSA) is 77.0 Å². The molecule has 11 heteroatoms. The zero-order valence-electron chi connectivity index (χ0n) is 16.3. The molecule has 0 spiro atoms. The lowest BCUT2D eigenvalue weighted by Crippen LogP contribution is -2.49. The number of benzene rings is 2. The number of amidine groups is 1. The van der Waals surface area contributed by atoms with Crippen LogP contribution in [0.1, 0.15) is 0 Å². The normalized spacial score (nSPS) is 20.5. The molecule has 162 valence electrons. The lowest BCUT2D eigenvalue weighted by Gasteiger charge is -2.32. The van der Waals surface area contributed by atoms with E-state index >= 15 is 0 Å². The Kier molecular flexibility index (Phi) is 5.99. The molecule has 0 aliphatic carbocycles. The molecule has 2 amide bonds. The number of hydrazine groups is 1. The number of hydrogen-bond acceptors (Lipinski definition) is 6. The number of nitrogens with one attached hydrogen (secondary N) is 2. The Morgan fingerprint density at radius 1 is 1.19 bits per heavy atom. The highest BCUT2D eigenvalue weighted by molar-refractivity contribution is 8.14. The number of amides is 2. The van der Waals surface area contributed by atoms with Gasteiger partial charge in [-0.2, -0.15) is 0 Å². The third-order valence-corrected chi connectivity index (χ3v) is 5.94. The number of nitrogens with zero attached hydrogens (tertiary/aromatic N) is 3. The van der Waals surface area contributed by atoms with E-state index in [0.717, 1.165) is 23.9 Å². The van der Waals surface area contributed by atoms with E-state index in [1.807, 2.05) is 0 Å². The number of carbonyl (C=O) groups excluding carboxylic acids is 2. The van der Waals surface area contributed by atoms with Gasteiger partial charge in [-0.3, -0.25) is 19.9 Å². The predicted octanol–water partition coefficient (Wildman–Crippen LogP) is 2.25. The number of halogens is 3. The van der Waals surface area contributed by atoms with Crippen molar-refractivity contribution < 1.29 is 22.8 Å². The van der Waals surface area contributed by atoms with E-state index in [2.05, 4.69) is 15.8 Å². The van der Waals surface area contributed by atoms with Crippen LogP contribution in [0.25, 0.3) is 0 Å². The first-order valence-electron chi connectivity index (χ1n) is 9.35. The number of anilines is 2. The summed E-state index contributed by atoms with van der Waals surface area (Å²) in [7, 11) is 1.55. The average Bonchev–Trinajstić information content (AvgIpc) is 3.23. The summed E-state index contributed by atoms with van der Waals surface area (Å²) in [5.74, 6) is -3.78. The average molecular weight is 449 g/mol. The highest BCUT2D eigenvalue weighted by atomic mass is 32.2. The summed E-state index contributed by atoms with van der Waals surface area (Å²) in [5.41, 5.74) is 6.39. The molecule has 2 unspecified atom stereocenters. The lowest BCUT2D eigenvalue weighted by atomic mass is 10.0. The minimum atomic E-state index is -1.09. The van der Waals surface area contributed by atoms with Crippen molar-refractivity contribution in [3.05, 3.63) is 59.9 Å². The van der Waals surface area contributed by atoms with Crippen LogP contribution in [-0.4, -0.2) is 42.5 Å². The minimum Gasteiger partial charge on any atom is -0.315 e. The zero-order valence-corrected chi connectivity index (χ0v) is 17.1. The van der Waals surface area contributed by atoms with Crippen molar-refractivity contribution in [1.29, 1.82) is 0 Å². The van der Waals surface area contributed by atoms with Crippen molar-refractivity contribution in [3.63, 3.8) is 0 Å². The molecule has 0 bridgehead atoms. The van der Waals surface area contributed by atoms with Crippen molar-refractivity contribution >= 4 is 40.1 Å². The van der Waals surface area contributed by atoms with Crippen LogP contribution < -0.4 is 20.7 Å². The molecule has 2 atom stereocenters. The summed E-state index contributed by atoms with van der Waals surface area (Å²) >= 11 is 1.00. The van der Waals surface area contributed by atoms with Gasteiger partial charge in [-0.05, 0) is 36.4 Å². The van der Waals surface area contributed by atoms with Gasteiger partial charge in [-0.1, -0.05) is 11.8 Å². The Labute approximate surface area is 180 Å². The lowest BCUT2D eigenvalue weighted by molar-refractivity contribution is -0.121. The zero-order chi connectivity index (χ0) is 22.1. The van der Waals surface area contributed by atoms with Gasteiger partial charge in [0.05, 0.1) is 17.4 Å². The third-order valence-electron chi connectivity index (χ3n) is 5.01. The first-order chi connectivity index (χ1) is 14.8. The second-order valence-electron chi connectivity index (χ2n) is 6.98. The van der Waals surface area contributed by atoms with Crippen LogP contribution in [-0.2, 0) is 9.59 Å². The smallest absolute Gasteiger partial charge is 0.241 e. The minimum absolute atomic E-state index is 0.0784. The summed E-state index contributed by atoms with van der Waals surface area (Å²) in [6, 6.07) is 8.60. The van der Waals surface area contributed by atoms with Gasteiger partial charge in [0.1, 0.15) is 12.0 Å². The van der Waals surface area contributed by atoms with Gasteiger partial charge < -0.3 is 4.90 Å². The van der Waals surface area contributed by atoms with E-state index < -0.39 is 29.5 Å². The molecule has 2 aliphatic heterocycles. The van der Waals surface area contributed by atoms with Gasteiger partial charge in [0, 0.05) is 25.3 Å². The van der Waals surface area contributed by atoms with E-state index in [0.29, 0.717) is 12.2 Å². The summed E-state index contributed by atoms with van der Waals surface area (Å²) in [4.78, 5) is 32.7. The Bertz CT molecular complexity index is 1050. The van der Waals surface area contributed by atoms with Crippen LogP contribution in [0.3, 0.4) is 0 Å². The van der Waals surface area contributed by atoms with Gasteiger partial charge >= 0.3 is 0 Å². The van der Waals surface area contributed by atoms with E-state index in [4.69, 9.17) is 0 Å². The van der Waals surface area contributed by atoms with Crippen LogP contribution in [0.2, 0.25) is 0 Å². The molecule has 0 radical (unpaired) electrons. The Morgan fingerprint density at radius 2 is 1.94 bits per heavy atom. The number of rotatable bonds is 4. The summed E-state index contributed by atoms with van der Waals surface area (Å²) in [6.07, 6.45) is -0.526. The predicted molar refractivity (Wildman–Crippen MR) is 112 cm³/mol. The maximum absolute atomic E-state index is 13.8. The van der Waals surface area contributed by atoms with Crippen LogP contribution in [0.15, 0.2) is 47.5 Å². The van der Waals surface area contributed by atoms with Crippen LogP contribution in [0.5, 0.6) is 0 Å². The molecule has 4 rings (SSSR count). The van der Waals surface area contributed by atoms with E-state index in [-0.39, 0.29) is 28.4 Å². The Morgan fingerprint density at radius 3 is 2.65 bits per heavy atom. The fraction of sp³-hybridized carbons (Fsp3) is 0.250. The van der Waals surface area contributed by atoms with Gasteiger partial charge in [0.25, 0.3) is 0 Å². The van der Waals surface area contributed by atoms with E-state index in [9.17, 15) is 22.8 Å². The molecule has 2 aromatic carbocycles. The molecular formula is C20H18F3N5O2S. The maximum Gasteiger partial charge on any atom is 0.241 e. The number of aliphatic imine (C=N–C) groups is 1. The van der Waals surface area contributed by atoms with Crippen molar-refractivity contribution in [2.75, 3.05) is 29.1 Å². The largest absolute Gasteiger partial charge is 0.315 e. The molecule has 31 heavy (non-hydrogen) atoms. The highest BCUT2D eigenvalue weighted by Gasteiger charge is 2.42. The monoisotopic (exact) mass is 449 g/mol. The maximum atomic E-state index is 13.8. The molecule has 2 N–H and O–H groups in total. The fourth-order valence-electron chi connectivity index (χ4n) is 3.26. The number of fused-ring (bicyclic) bond motifs is 1. The molecule has 7 nitrogen and oxygen atoms in total.